The van der Waals surface area contributed by atoms with Gasteiger partial charge in [0.25, 0.3) is 0 Å². The summed E-state index contributed by atoms with van der Waals surface area (Å²) in [6.07, 6.45) is -6.92. The summed E-state index contributed by atoms with van der Waals surface area (Å²) < 4.78 is 19.4. The Balaban J connectivity index is 2.87. The Labute approximate surface area is 120 Å². The Morgan fingerprint density at radius 1 is 0.952 bits per heavy atom. The molecule has 0 saturated carbocycles. The minimum absolute atomic E-state index is 0.349. The maximum Gasteiger partial charge on any atom is 0.303 e. The lowest BCUT2D eigenvalue weighted by atomic mass is 9.98. The molecule has 1 saturated heterocycles. The molecule has 5 atom stereocenters. The number of aliphatic hydroxyl groups excluding tert-OH is 2. The van der Waals surface area contributed by atoms with Crippen LogP contribution in [0.3, 0.4) is 0 Å². The molecule has 9 nitrogen and oxygen atoms in total. The van der Waals surface area contributed by atoms with Crippen molar-refractivity contribution in [2.45, 2.75) is 51.5 Å². The van der Waals surface area contributed by atoms with Gasteiger partial charge in [0.15, 0.2) is 18.5 Å². The summed E-state index contributed by atoms with van der Waals surface area (Å²) >= 11 is 0. The minimum Gasteiger partial charge on any atom is -0.463 e. The first-order valence-corrected chi connectivity index (χ1v) is 6.21. The Morgan fingerprint density at radius 3 is 1.95 bits per heavy atom. The Bertz CT molecular complexity index is 408. The van der Waals surface area contributed by atoms with Crippen LogP contribution in [0.15, 0.2) is 0 Å². The van der Waals surface area contributed by atoms with E-state index >= 15 is 0 Å². The zero-order valence-corrected chi connectivity index (χ0v) is 11.8. The van der Waals surface area contributed by atoms with Gasteiger partial charge in [0.2, 0.25) is 0 Å². The van der Waals surface area contributed by atoms with E-state index in [0.717, 1.165) is 20.8 Å². The summed E-state index contributed by atoms with van der Waals surface area (Å²) in [5, 5.41) is 19.9. The van der Waals surface area contributed by atoms with E-state index in [1.165, 1.54) is 0 Å². The van der Waals surface area contributed by atoms with E-state index in [1.54, 1.807) is 0 Å². The van der Waals surface area contributed by atoms with Gasteiger partial charge in [-0.2, -0.15) is 0 Å². The van der Waals surface area contributed by atoms with Crippen LogP contribution in [0.2, 0.25) is 0 Å². The number of ether oxygens (including phenoxy) is 4. The average Bonchev–Trinajstić information content (AvgIpc) is 2.35. The van der Waals surface area contributed by atoms with Crippen molar-refractivity contribution in [2.24, 2.45) is 0 Å². The lowest BCUT2D eigenvalue weighted by molar-refractivity contribution is -0.293. The van der Waals surface area contributed by atoms with Gasteiger partial charge in [-0.05, 0) is 0 Å². The predicted octanol–water partition coefficient (Wildman–Crippen LogP) is -1.51. The van der Waals surface area contributed by atoms with Crippen LogP contribution in [0, 0.1) is 0 Å². The topological polar surface area (TPSA) is 129 Å². The highest BCUT2D eigenvalue weighted by Crippen LogP contribution is 2.25. The molecular weight excluding hydrogens is 288 g/mol. The molecule has 0 aliphatic carbocycles. The lowest BCUT2D eigenvalue weighted by Crippen LogP contribution is -2.61. The summed E-state index contributed by atoms with van der Waals surface area (Å²) in [4.78, 5) is 32.9. The third-order valence-electron chi connectivity index (χ3n) is 2.69. The van der Waals surface area contributed by atoms with E-state index in [0.29, 0.717) is 0 Å². The molecule has 0 aromatic heterocycles. The summed E-state index contributed by atoms with van der Waals surface area (Å²) in [5.74, 6) is -2.09. The highest BCUT2D eigenvalue weighted by atomic mass is 16.7. The van der Waals surface area contributed by atoms with E-state index in [1.807, 2.05) is 0 Å². The molecule has 1 aliphatic rings. The molecule has 0 spiro atoms. The van der Waals surface area contributed by atoms with Gasteiger partial charge in [-0.15, -0.1) is 0 Å². The van der Waals surface area contributed by atoms with Crippen LogP contribution in [0.5, 0.6) is 0 Å². The molecule has 0 radical (unpaired) electrons. The number of hydrogen-bond acceptors (Lipinski definition) is 9. The van der Waals surface area contributed by atoms with Gasteiger partial charge in [0, 0.05) is 20.8 Å². The molecule has 0 aromatic carbocycles. The van der Waals surface area contributed by atoms with Crippen molar-refractivity contribution >= 4 is 17.9 Å². The van der Waals surface area contributed by atoms with Gasteiger partial charge in [0.1, 0.15) is 18.8 Å². The van der Waals surface area contributed by atoms with Crippen molar-refractivity contribution in [1.29, 1.82) is 0 Å². The fourth-order valence-electron chi connectivity index (χ4n) is 1.89. The molecule has 1 fully saturated rings. The summed E-state index contributed by atoms with van der Waals surface area (Å²) in [6.45, 7) is 3.00. The van der Waals surface area contributed by atoms with Gasteiger partial charge in [-0.3, -0.25) is 14.4 Å². The minimum atomic E-state index is -1.64. The maximum atomic E-state index is 11.1. The third-order valence-corrected chi connectivity index (χ3v) is 2.69. The van der Waals surface area contributed by atoms with Crippen LogP contribution in [0.4, 0.5) is 0 Å². The number of carbonyl (C=O) groups is 3. The SMILES string of the molecule is CC(=O)OCC1O[C@@H](O)[C@H](OC(C)=O)C(OC(C)=O)[C@@H]1O. The molecule has 2 N–H and O–H groups in total. The average molecular weight is 306 g/mol. The molecule has 1 rings (SSSR count). The predicted molar refractivity (Wildman–Crippen MR) is 64.6 cm³/mol. The lowest BCUT2D eigenvalue weighted by Gasteiger charge is -2.41. The first-order chi connectivity index (χ1) is 9.72. The van der Waals surface area contributed by atoms with E-state index in [2.05, 4.69) is 4.74 Å². The second-order valence-electron chi connectivity index (χ2n) is 4.51. The number of aliphatic hydroxyl groups is 2. The van der Waals surface area contributed by atoms with E-state index in [-0.39, 0.29) is 6.61 Å². The third kappa shape index (κ3) is 4.96. The van der Waals surface area contributed by atoms with Crippen LogP contribution in [-0.4, -0.2) is 65.4 Å². The normalized spacial score (nSPS) is 32.1. The first kappa shape index (κ1) is 17.3. The van der Waals surface area contributed by atoms with Gasteiger partial charge < -0.3 is 29.2 Å². The molecule has 9 heteroatoms. The molecule has 1 aliphatic heterocycles. The van der Waals surface area contributed by atoms with Crippen molar-refractivity contribution < 1.29 is 43.5 Å². The zero-order chi connectivity index (χ0) is 16.2. The molecule has 21 heavy (non-hydrogen) atoms. The number of esters is 3. The van der Waals surface area contributed by atoms with Crippen LogP contribution in [0.25, 0.3) is 0 Å². The van der Waals surface area contributed by atoms with Crippen molar-refractivity contribution in [3.05, 3.63) is 0 Å². The van der Waals surface area contributed by atoms with E-state index in [9.17, 15) is 24.6 Å². The van der Waals surface area contributed by atoms with Gasteiger partial charge in [0.05, 0.1) is 0 Å². The summed E-state index contributed by atoms with van der Waals surface area (Å²) in [6, 6.07) is 0. The number of rotatable bonds is 4. The van der Waals surface area contributed by atoms with Crippen LogP contribution in [0.1, 0.15) is 20.8 Å². The molecule has 1 heterocycles. The highest BCUT2D eigenvalue weighted by molar-refractivity contribution is 5.67. The van der Waals surface area contributed by atoms with Crippen LogP contribution < -0.4 is 0 Å². The van der Waals surface area contributed by atoms with Gasteiger partial charge in [-0.1, -0.05) is 0 Å². The molecule has 0 amide bonds. The summed E-state index contributed by atoms with van der Waals surface area (Å²) in [7, 11) is 0. The van der Waals surface area contributed by atoms with Crippen LogP contribution >= 0.6 is 0 Å². The van der Waals surface area contributed by atoms with Gasteiger partial charge >= 0.3 is 17.9 Å². The van der Waals surface area contributed by atoms with Crippen LogP contribution in [-0.2, 0) is 33.3 Å². The largest absolute Gasteiger partial charge is 0.463 e. The monoisotopic (exact) mass is 306 g/mol. The number of hydrogen-bond donors (Lipinski definition) is 2. The fraction of sp³-hybridized carbons (Fsp3) is 0.750. The molecule has 2 unspecified atom stereocenters. The van der Waals surface area contributed by atoms with E-state index < -0.39 is 48.6 Å². The molecule has 0 bridgehead atoms. The number of carbonyl (C=O) groups excluding carboxylic acids is 3. The van der Waals surface area contributed by atoms with Crippen molar-refractivity contribution in [1.82, 2.24) is 0 Å². The molecular formula is C12H18O9. The first-order valence-electron chi connectivity index (χ1n) is 6.21. The summed E-state index contributed by atoms with van der Waals surface area (Å²) in [5.41, 5.74) is 0. The second-order valence-corrected chi connectivity index (χ2v) is 4.51. The van der Waals surface area contributed by atoms with E-state index in [4.69, 9.17) is 14.2 Å². The Morgan fingerprint density at radius 2 is 1.48 bits per heavy atom. The van der Waals surface area contributed by atoms with Crippen molar-refractivity contribution in [2.75, 3.05) is 6.61 Å². The smallest absolute Gasteiger partial charge is 0.303 e. The Hall–Kier alpha value is -1.71. The second kappa shape index (κ2) is 7.34. The Kier molecular flexibility index (Phi) is 6.06. The quantitative estimate of drug-likeness (QED) is 0.470. The van der Waals surface area contributed by atoms with Gasteiger partial charge in [-0.25, -0.2) is 0 Å². The fourth-order valence-corrected chi connectivity index (χ4v) is 1.89. The maximum absolute atomic E-state index is 11.1. The highest BCUT2D eigenvalue weighted by Gasteiger charge is 2.49. The zero-order valence-electron chi connectivity index (χ0n) is 11.8. The van der Waals surface area contributed by atoms with Crippen molar-refractivity contribution in [3.8, 4) is 0 Å². The molecule has 0 aromatic rings. The van der Waals surface area contributed by atoms with Crippen molar-refractivity contribution in [3.63, 3.8) is 0 Å². The molecule has 120 valence electrons. The standard InChI is InChI=1S/C12H18O9/c1-5(13)18-4-8-9(16)10(19-6(2)14)11(12(17)21-8)20-7(3)15/h8-12,16-17H,4H2,1-3H3/t8?,9-,10?,11-,12-/m1/s1.